The molecule has 96 valence electrons. The number of carboxylic acids is 1. The molecule has 0 spiro atoms. The van der Waals surface area contributed by atoms with Gasteiger partial charge in [-0.1, -0.05) is 19.3 Å². The summed E-state index contributed by atoms with van der Waals surface area (Å²) in [4.78, 5) is 25.3. The first kappa shape index (κ1) is 12.4. The van der Waals surface area contributed by atoms with Gasteiger partial charge >= 0.3 is 5.97 Å². The van der Waals surface area contributed by atoms with Crippen molar-refractivity contribution in [3.8, 4) is 0 Å². The molecule has 1 aliphatic carbocycles. The molecule has 0 bridgehead atoms. The highest BCUT2D eigenvalue weighted by Gasteiger charge is 2.39. The van der Waals surface area contributed by atoms with Crippen LogP contribution in [-0.4, -0.2) is 35.0 Å². The first-order chi connectivity index (χ1) is 8.20. The molecule has 1 aliphatic heterocycles. The van der Waals surface area contributed by atoms with E-state index in [2.05, 4.69) is 0 Å². The Bertz CT molecular complexity index is 295. The average molecular weight is 239 g/mol. The molecular formula is C13H21NO3. The highest BCUT2D eigenvalue weighted by atomic mass is 16.4. The zero-order chi connectivity index (χ0) is 12.3. The lowest BCUT2D eigenvalue weighted by Crippen LogP contribution is -2.39. The molecule has 17 heavy (non-hydrogen) atoms. The molecule has 2 aliphatic rings. The second-order valence-electron chi connectivity index (χ2n) is 5.22. The fraction of sp³-hybridized carbons (Fsp3) is 0.846. The lowest BCUT2D eigenvalue weighted by Gasteiger charge is -2.25. The van der Waals surface area contributed by atoms with Gasteiger partial charge in [0.1, 0.15) is 0 Å². The molecule has 1 saturated carbocycles. The Morgan fingerprint density at radius 3 is 2.06 bits per heavy atom. The van der Waals surface area contributed by atoms with Crippen molar-refractivity contribution in [1.29, 1.82) is 0 Å². The number of amides is 1. The van der Waals surface area contributed by atoms with Crippen LogP contribution in [0.15, 0.2) is 0 Å². The first-order valence-corrected chi connectivity index (χ1v) is 6.72. The summed E-state index contributed by atoms with van der Waals surface area (Å²) in [6.07, 6.45) is 6.81. The summed E-state index contributed by atoms with van der Waals surface area (Å²) in [6, 6.07) is 0. The third-order valence-electron chi connectivity index (χ3n) is 4.07. The number of rotatable bonds is 2. The third-order valence-corrected chi connectivity index (χ3v) is 4.07. The normalized spacial score (nSPS) is 30.0. The van der Waals surface area contributed by atoms with Crippen molar-refractivity contribution in [2.45, 2.75) is 44.9 Å². The lowest BCUT2D eigenvalue weighted by atomic mass is 9.94. The molecule has 4 nitrogen and oxygen atoms in total. The number of carbonyl (C=O) groups excluding carboxylic acids is 1. The van der Waals surface area contributed by atoms with Crippen LogP contribution in [0, 0.1) is 11.8 Å². The van der Waals surface area contributed by atoms with Crippen LogP contribution in [0.25, 0.3) is 0 Å². The second-order valence-corrected chi connectivity index (χ2v) is 5.22. The van der Waals surface area contributed by atoms with E-state index >= 15 is 0 Å². The zero-order valence-corrected chi connectivity index (χ0v) is 10.2. The van der Waals surface area contributed by atoms with E-state index < -0.39 is 11.9 Å². The minimum atomic E-state index is -0.796. The van der Waals surface area contributed by atoms with Crippen LogP contribution >= 0.6 is 0 Å². The topological polar surface area (TPSA) is 57.6 Å². The molecule has 1 N–H and O–H groups in total. The Hall–Kier alpha value is -1.06. The van der Waals surface area contributed by atoms with E-state index in [1.807, 2.05) is 4.90 Å². The number of hydrogen-bond acceptors (Lipinski definition) is 2. The maximum Gasteiger partial charge on any atom is 0.307 e. The van der Waals surface area contributed by atoms with Crippen molar-refractivity contribution in [2.75, 3.05) is 13.1 Å². The molecule has 0 unspecified atom stereocenters. The van der Waals surface area contributed by atoms with Crippen molar-refractivity contribution in [3.63, 3.8) is 0 Å². The number of nitrogens with zero attached hydrogens (tertiary/aromatic N) is 1. The molecule has 1 heterocycles. The summed E-state index contributed by atoms with van der Waals surface area (Å²) < 4.78 is 0. The molecule has 1 amide bonds. The van der Waals surface area contributed by atoms with E-state index in [1.54, 1.807) is 0 Å². The molecule has 1 saturated heterocycles. The maximum absolute atomic E-state index is 12.3. The highest BCUT2D eigenvalue weighted by Crippen LogP contribution is 2.33. The van der Waals surface area contributed by atoms with Crippen molar-refractivity contribution in [2.24, 2.45) is 11.8 Å². The molecule has 0 aromatic heterocycles. The third kappa shape index (κ3) is 2.79. The summed E-state index contributed by atoms with van der Waals surface area (Å²) in [5, 5.41) is 9.12. The van der Waals surface area contributed by atoms with Gasteiger partial charge in [0.2, 0.25) is 5.91 Å². The molecule has 0 aromatic carbocycles. The van der Waals surface area contributed by atoms with E-state index in [4.69, 9.17) is 5.11 Å². The predicted molar refractivity (Wildman–Crippen MR) is 63.5 cm³/mol. The van der Waals surface area contributed by atoms with Gasteiger partial charge in [-0.05, 0) is 25.7 Å². The number of hydrogen-bond donors (Lipinski definition) is 1. The fourth-order valence-corrected chi connectivity index (χ4v) is 3.08. The van der Waals surface area contributed by atoms with Gasteiger partial charge in [-0.2, -0.15) is 0 Å². The monoisotopic (exact) mass is 239 g/mol. The van der Waals surface area contributed by atoms with Gasteiger partial charge in [0.25, 0.3) is 0 Å². The van der Waals surface area contributed by atoms with Crippen LogP contribution in [0.3, 0.4) is 0 Å². The Balaban J connectivity index is 2.00. The molecule has 0 radical (unpaired) electrons. The smallest absolute Gasteiger partial charge is 0.307 e. The van der Waals surface area contributed by atoms with Crippen molar-refractivity contribution < 1.29 is 14.7 Å². The Morgan fingerprint density at radius 1 is 0.882 bits per heavy atom. The lowest BCUT2D eigenvalue weighted by molar-refractivity contribution is -0.149. The molecule has 4 heteroatoms. The maximum atomic E-state index is 12.3. The summed E-state index contributed by atoms with van der Waals surface area (Å²) in [5.74, 6) is -1.40. The summed E-state index contributed by atoms with van der Waals surface area (Å²) in [7, 11) is 0. The molecule has 0 aromatic rings. The van der Waals surface area contributed by atoms with Gasteiger partial charge in [-0.15, -0.1) is 0 Å². The number of aliphatic carboxylic acids is 1. The van der Waals surface area contributed by atoms with Gasteiger partial charge in [0.05, 0.1) is 11.8 Å². The minimum absolute atomic E-state index is 0.0943. The predicted octanol–water partition coefficient (Wildman–Crippen LogP) is 1.89. The van der Waals surface area contributed by atoms with E-state index in [0.29, 0.717) is 6.42 Å². The van der Waals surface area contributed by atoms with E-state index in [0.717, 1.165) is 38.8 Å². The quantitative estimate of drug-likeness (QED) is 0.800. The van der Waals surface area contributed by atoms with Gasteiger partial charge in [0, 0.05) is 13.1 Å². The SMILES string of the molecule is O=C(O)[C@H]1CCC[C@H]1C(=O)N1CCCCCC1. The zero-order valence-electron chi connectivity index (χ0n) is 10.2. The Kier molecular flexibility index (Phi) is 4.02. The highest BCUT2D eigenvalue weighted by molar-refractivity contribution is 5.85. The summed E-state index contributed by atoms with van der Waals surface area (Å²) >= 11 is 0. The summed E-state index contributed by atoms with van der Waals surface area (Å²) in [6.45, 7) is 1.64. The van der Waals surface area contributed by atoms with Crippen LogP contribution in [0.5, 0.6) is 0 Å². The van der Waals surface area contributed by atoms with Crippen molar-refractivity contribution in [1.82, 2.24) is 4.90 Å². The number of carboxylic acid groups (broad SMARTS) is 1. The van der Waals surface area contributed by atoms with Gasteiger partial charge in [-0.3, -0.25) is 9.59 Å². The molecule has 2 atom stereocenters. The Labute approximate surface area is 102 Å². The van der Waals surface area contributed by atoms with Gasteiger partial charge in [-0.25, -0.2) is 0 Å². The fourth-order valence-electron chi connectivity index (χ4n) is 3.08. The minimum Gasteiger partial charge on any atom is -0.481 e. The van der Waals surface area contributed by atoms with Crippen LogP contribution < -0.4 is 0 Å². The van der Waals surface area contributed by atoms with Crippen molar-refractivity contribution >= 4 is 11.9 Å². The number of likely N-dealkylation sites (tertiary alicyclic amines) is 1. The largest absolute Gasteiger partial charge is 0.481 e. The average Bonchev–Trinajstić information content (AvgIpc) is 2.64. The van der Waals surface area contributed by atoms with E-state index in [1.165, 1.54) is 12.8 Å². The van der Waals surface area contributed by atoms with Crippen molar-refractivity contribution in [3.05, 3.63) is 0 Å². The molecule has 2 fully saturated rings. The molecular weight excluding hydrogens is 218 g/mol. The first-order valence-electron chi connectivity index (χ1n) is 6.72. The standard InChI is InChI=1S/C13H21NO3/c15-12(14-8-3-1-2-4-9-14)10-6-5-7-11(10)13(16)17/h10-11H,1-9H2,(H,16,17)/t10-,11+/m1/s1. The van der Waals surface area contributed by atoms with Crippen LogP contribution in [0.2, 0.25) is 0 Å². The summed E-state index contributed by atoms with van der Waals surface area (Å²) in [5.41, 5.74) is 0. The van der Waals surface area contributed by atoms with Crippen LogP contribution in [-0.2, 0) is 9.59 Å². The van der Waals surface area contributed by atoms with Crippen LogP contribution in [0.4, 0.5) is 0 Å². The van der Waals surface area contributed by atoms with Gasteiger partial charge < -0.3 is 10.0 Å². The van der Waals surface area contributed by atoms with E-state index in [9.17, 15) is 9.59 Å². The molecule has 2 rings (SSSR count). The van der Waals surface area contributed by atoms with E-state index in [-0.39, 0.29) is 11.8 Å². The van der Waals surface area contributed by atoms with Crippen LogP contribution in [0.1, 0.15) is 44.9 Å². The Morgan fingerprint density at radius 2 is 1.47 bits per heavy atom. The second kappa shape index (κ2) is 5.52. The van der Waals surface area contributed by atoms with Gasteiger partial charge in [0.15, 0.2) is 0 Å². The number of carbonyl (C=O) groups is 2.